The van der Waals surface area contributed by atoms with Crippen molar-refractivity contribution in [3.05, 3.63) is 44.1 Å². The van der Waals surface area contributed by atoms with Crippen LogP contribution in [-0.4, -0.2) is 108 Å². The SMILES string of the molecule is Nc1c(Br)cc(C[C@@H](NC(=O)N2CCC(N3Cc4sccc4NC3=O)CC2)C(=O)N2CCC(N3CCNCC3)CC2)cc1C(F)(F)F. The van der Waals surface area contributed by atoms with Gasteiger partial charge >= 0.3 is 18.2 Å². The van der Waals surface area contributed by atoms with Crippen molar-refractivity contribution in [2.75, 3.05) is 63.4 Å². The van der Waals surface area contributed by atoms with E-state index in [-0.39, 0.29) is 34.4 Å². The maximum Gasteiger partial charge on any atom is 0.418 e. The maximum atomic E-state index is 14.0. The van der Waals surface area contributed by atoms with Crippen LogP contribution < -0.4 is 21.7 Å². The summed E-state index contributed by atoms with van der Waals surface area (Å²) >= 11 is 4.73. The summed E-state index contributed by atoms with van der Waals surface area (Å²) in [6, 6.07) is 2.96. The highest BCUT2D eigenvalue weighted by molar-refractivity contribution is 9.10. The van der Waals surface area contributed by atoms with E-state index in [0.717, 1.165) is 55.7 Å². The summed E-state index contributed by atoms with van der Waals surface area (Å²) in [6.45, 7) is 6.07. The number of carbonyl (C=O) groups excluding carboxylic acids is 3. The fourth-order valence-corrected chi connectivity index (χ4v) is 8.42. The Morgan fingerprint density at radius 1 is 1.02 bits per heavy atom. The van der Waals surface area contributed by atoms with Gasteiger partial charge in [-0.1, -0.05) is 0 Å². The molecule has 11 nitrogen and oxygen atoms in total. The van der Waals surface area contributed by atoms with Crippen LogP contribution in [0.3, 0.4) is 0 Å². The summed E-state index contributed by atoms with van der Waals surface area (Å²) in [5.74, 6) is -0.315. The fraction of sp³-hybridized carbons (Fsp3) is 0.581. The number of benzene rings is 1. The van der Waals surface area contributed by atoms with Gasteiger partial charge < -0.3 is 36.4 Å². The number of anilines is 2. The molecule has 5 N–H and O–H groups in total. The number of alkyl halides is 3. The molecular weight excluding hydrogens is 701 g/mol. The zero-order chi connectivity index (χ0) is 33.3. The number of likely N-dealkylation sites (tertiary alicyclic amines) is 2. The lowest BCUT2D eigenvalue weighted by molar-refractivity contribution is -0.137. The molecule has 16 heteroatoms. The van der Waals surface area contributed by atoms with Gasteiger partial charge in [-0.25, -0.2) is 9.59 Å². The average molecular weight is 742 g/mol. The van der Waals surface area contributed by atoms with Crippen molar-refractivity contribution in [3.8, 4) is 0 Å². The van der Waals surface area contributed by atoms with Crippen molar-refractivity contribution in [2.45, 2.75) is 63.0 Å². The number of nitrogen functional groups attached to an aromatic ring is 1. The molecule has 3 saturated heterocycles. The smallest absolute Gasteiger partial charge is 0.397 e. The first-order chi connectivity index (χ1) is 22.5. The van der Waals surface area contributed by atoms with Crippen LogP contribution in [0.4, 0.5) is 34.1 Å². The number of halogens is 4. The van der Waals surface area contributed by atoms with E-state index in [2.05, 4.69) is 36.8 Å². The molecule has 0 saturated carbocycles. The summed E-state index contributed by atoms with van der Waals surface area (Å²) < 4.78 is 41.5. The predicted molar refractivity (Wildman–Crippen MR) is 177 cm³/mol. The number of nitrogens with two attached hydrogens (primary N) is 1. The van der Waals surface area contributed by atoms with Gasteiger partial charge in [-0.3, -0.25) is 9.69 Å². The van der Waals surface area contributed by atoms with E-state index in [1.165, 1.54) is 6.07 Å². The molecule has 0 spiro atoms. The van der Waals surface area contributed by atoms with Gasteiger partial charge in [-0.05, 0) is 70.8 Å². The van der Waals surface area contributed by atoms with E-state index >= 15 is 0 Å². The number of urea groups is 2. The monoisotopic (exact) mass is 740 g/mol. The standard InChI is InChI=1S/C31H40BrF3N8O3S/c32-23-16-19(15-22(27(23)36)31(33,34)35)17-25(28(44)41-8-1-20(2-9-41)40-12-6-37-7-13-40)39-29(45)42-10-3-21(4-11-42)43-18-26-24(5-14-47-26)38-30(43)46/h5,14-16,20-21,25,37H,1-4,6-13,17-18,36H2,(H,38,46)(H,39,45)/t25-/m1/s1. The zero-order valence-electron chi connectivity index (χ0n) is 26.0. The Labute approximate surface area is 284 Å². The summed E-state index contributed by atoms with van der Waals surface area (Å²) in [4.78, 5) is 49.0. The third-order valence-corrected chi connectivity index (χ3v) is 11.3. The second kappa shape index (κ2) is 14.2. The first kappa shape index (κ1) is 33.8. The van der Waals surface area contributed by atoms with Crippen molar-refractivity contribution in [3.63, 3.8) is 0 Å². The molecule has 5 amide bonds. The molecule has 1 atom stereocenters. The number of piperazine rings is 1. The Hall–Kier alpha value is -3.08. The van der Waals surface area contributed by atoms with Crippen LogP contribution in [0, 0.1) is 0 Å². The minimum absolute atomic E-state index is 0.0448. The first-order valence-corrected chi connectivity index (χ1v) is 17.7. The van der Waals surface area contributed by atoms with E-state index < -0.39 is 29.5 Å². The number of piperidine rings is 2. The molecular formula is C31H40BrF3N8O3S. The first-order valence-electron chi connectivity index (χ1n) is 16.1. The summed E-state index contributed by atoms with van der Waals surface area (Å²) in [6.07, 6.45) is -2.08. The van der Waals surface area contributed by atoms with Crippen LogP contribution in [0.1, 0.15) is 41.7 Å². The van der Waals surface area contributed by atoms with Gasteiger partial charge in [0.05, 0.1) is 23.5 Å². The molecule has 3 fully saturated rings. The summed E-state index contributed by atoms with van der Waals surface area (Å²) in [7, 11) is 0. The summed E-state index contributed by atoms with van der Waals surface area (Å²) in [5, 5.41) is 11.1. The van der Waals surface area contributed by atoms with Gasteiger partial charge in [0.2, 0.25) is 5.91 Å². The van der Waals surface area contributed by atoms with Gasteiger partial charge in [0.15, 0.2) is 0 Å². The van der Waals surface area contributed by atoms with Gasteiger partial charge in [-0.15, -0.1) is 11.3 Å². The molecule has 5 heterocycles. The van der Waals surface area contributed by atoms with E-state index in [1.54, 1.807) is 21.1 Å². The lowest BCUT2D eigenvalue weighted by Gasteiger charge is -2.41. The average Bonchev–Trinajstić information content (AvgIpc) is 3.52. The lowest BCUT2D eigenvalue weighted by Crippen LogP contribution is -2.58. The van der Waals surface area contributed by atoms with Crippen LogP contribution in [0.15, 0.2) is 28.1 Å². The third-order valence-electron chi connectivity index (χ3n) is 9.73. The highest BCUT2D eigenvalue weighted by Gasteiger charge is 2.38. The Morgan fingerprint density at radius 3 is 2.36 bits per heavy atom. The normalized spacial score (nSPS) is 20.9. The number of carbonyl (C=O) groups is 3. The molecule has 0 radical (unpaired) electrons. The van der Waals surface area contributed by atoms with Crippen molar-refractivity contribution in [2.24, 2.45) is 0 Å². The number of hydrogen-bond acceptors (Lipinski definition) is 7. The van der Waals surface area contributed by atoms with Gasteiger partial charge in [0.1, 0.15) is 6.04 Å². The van der Waals surface area contributed by atoms with Gasteiger partial charge in [0.25, 0.3) is 0 Å². The quantitative estimate of drug-likeness (QED) is 0.330. The van der Waals surface area contributed by atoms with Gasteiger partial charge in [-0.2, -0.15) is 13.2 Å². The largest absolute Gasteiger partial charge is 0.418 e. The molecule has 1 aromatic carbocycles. The molecule has 2 aromatic rings. The van der Waals surface area contributed by atoms with Crippen molar-refractivity contribution in [1.29, 1.82) is 0 Å². The molecule has 1 aromatic heterocycles. The summed E-state index contributed by atoms with van der Waals surface area (Å²) in [5.41, 5.74) is 5.39. The van der Waals surface area contributed by atoms with E-state index in [9.17, 15) is 27.6 Å². The number of nitrogens with zero attached hydrogens (tertiary/aromatic N) is 4. The Bertz CT molecular complexity index is 1470. The van der Waals surface area contributed by atoms with Crippen molar-refractivity contribution < 1.29 is 27.6 Å². The van der Waals surface area contributed by atoms with Crippen molar-refractivity contribution >= 4 is 56.6 Å². The zero-order valence-corrected chi connectivity index (χ0v) is 28.4. The number of nitrogens with one attached hydrogen (secondary N) is 3. The third kappa shape index (κ3) is 7.65. The Balaban J connectivity index is 1.13. The molecule has 4 aliphatic heterocycles. The number of rotatable bonds is 6. The highest BCUT2D eigenvalue weighted by Crippen LogP contribution is 2.38. The van der Waals surface area contributed by atoms with Crippen LogP contribution in [0.5, 0.6) is 0 Å². The van der Waals surface area contributed by atoms with Crippen LogP contribution in [-0.2, 0) is 23.9 Å². The predicted octanol–water partition coefficient (Wildman–Crippen LogP) is 4.14. The highest BCUT2D eigenvalue weighted by atomic mass is 79.9. The molecule has 6 rings (SSSR count). The van der Waals surface area contributed by atoms with Crippen LogP contribution in [0.25, 0.3) is 0 Å². The molecule has 47 heavy (non-hydrogen) atoms. The Kier molecular flexibility index (Phi) is 10.2. The molecule has 0 bridgehead atoms. The van der Waals surface area contributed by atoms with E-state index in [4.69, 9.17) is 5.73 Å². The molecule has 256 valence electrons. The minimum atomic E-state index is -4.68. The van der Waals surface area contributed by atoms with E-state index in [1.807, 2.05) is 16.3 Å². The number of thiophene rings is 1. The lowest BCUT2D eigenvalue weighted by atomic mass is 9.98. The maximum absolute atomic E-state index is 14.0. The van der Waals surface area contributed by atoms with E-state index in [0.29, 0.717) is 51.6 Å². The van der Waals surface area contributed by atoms with Crippen LogP contribution >= 0.6 is 27.3 Å². The molecule has 0 aliphatic carbocycles. The number of fused-ring (bicyclic) bond motifs is 1. The minimum Gasteiger partial charge on any atom is -0.397 e. The van der Waals surface area contributed by atoms with Crippen LogP contribution in [0.2, 0.25) is 0 Å². The number of hydrogen-bond donors (Lipinski definition) is 4. The van der Waals surface area contributed by atoms with Gasteiger partial charge in [0, 0.05) is 80.2 Å². The molecule has 0 unspecified atom stereocenters. The fourth-order valence-electron chi connectivity index (χ4n) is 7.09. The number of amides is 5. The topological polar surface area (TPSA) is 126 Å². The second-order valence-electron chi connectivity index (χ2n) is 12.6. The van der Waals surface area contributed by atoms with Crippen molar-refractivity contribution in [1.82, 2.24) is 30.2 Å². The second-order valence-corrected chi connectivity index (χ2v) is 14.5. The molecule has 4 aliphatic rings. The Morgan fingerprint density at radius 2 is 1.68 bits per heavy atom.